The maximum atomic E-state index is 12.9. The molecular formula is C9H9F2N. The first-order valence-electron chi connectivity index (χ1n) is 3.97. The molecule has 12 heavy (non-hydrogen) atoms. The number of hydrogen-bond acceptors (Lipinski definition) is 1. The second kappa shape index (κ2) is 2.51. The molecule has 3 heteroatoms. The molecule has 2 rings (SSSR count). The number of halogens is 2. The van der Waals surface area contributed by atoms with E-state index in [1.165, 1.54) is 0 Å². The first kappa shape index (κ1) is 7.65. The van der Waals surface area contributed by atoms with Crippen LogP contribution in [0.3, 0.4) is 0 Å². The molecule has 1 aliphatic carbocycles. The molecule has 1 aromatic rings. The van der Waals surface area contributed by atoms with Crippen LogP contribution >= 0.6 is 0 Å². The highest BCUT2D eigenvalue weighted by molar-refractivity contribution is 5.27. The molecule has 0 spiro atoms. The highest BCUT2D eigenvalue weighted by atomic mass is 19.3. The molecule has 0 aromatic carbocycles. The highest BCUT2D eigenvalue weighted by Crippen LogP contribution is 2.31. The van der Waals surface area contributed by atoms with Gasteiger partial charge < -0.3 is 0 Å². The van der Waals surface area contributed by atoms with Crippen molar-refractivity contribution < 1.29 is 8.78 Å². The summed E-state index contributed by atoms with van der Waals surface area (Å²) in [6, 6.07) is 1.68. The van der Waals surface area contributed by atoms with Gasteiger partial charge in [-0.3, -0.25) is 4.98 Å². The zero-order valence-electron chi connectivity index (χ0n) is 6.56. The van der Waals surface area contributed by atoms with Crippen LogP contribution in [0.15, 0.2) is 18.5 Å². The van der Waals surface area contributed by atoms with Gasteiger partial charge in [0.2, 0.25) is 0 Å². The Bertz CT molecular complexity index is 296. The molecule has 0 aliphatic heterocycles. The van der Waals surface area contributed by atoms with E-state index in [1.54, 1.807) is 18.5 Å². The van der Waals surface area contributed by atoms with Gasteiger partial charge in [-0.25, -0.2) is 8.78 Å². The van der Waals surface area contributed by atoms with Crippen LogP contribution in [0.2, 0.25) is 0 Å². The number of fused-ring (bicyclic) bond motifs is 1. The molecule has 1 nitrogen and oxygen atoms in total. The molecule has 1 aromatic heterocycles. The lowest BCUT2D eigenvalue weighted by atomic mass is 9.91. The number of pyridine rings is 1. The maximum absolute atomic E-state index is 12.9. The van der Waals surface area contributed by atoms with Gasteiger partial charge in [0, 0.05) is 25.2 Å². The number of aryl methyl sites for hydroxylation is 1. The first-order valence-corrected chi connectivity index (χ1v) is 3.97. The molecule has 0 saturated heterocycles. The lowest BCUT2D eigenvalue weighted by molar-refractivity contribution is -0.0122. The largest absolute Gasteiger partial charge is 0.264 e. The minimum absolute atomic E-state index is 0.0360. The molecule has 0 bridgehead atoms. The third-order valence-electron chi connectivity index (χ3n) is 2.21. The van der Waals surface area contributed by atoms with Crippen molar-refractivity contribution in [3.8, 4) is 0 Å². The predicted octanol–water partition coefficient (Wildman–Crippen LogP) is 2.21. The van der Waals surface area contributed by atoms with E-state index in [4.69, 9.17) is 0 Å². The second-order valence-corrected chi connectivity index (χ2v) is 3.18. The number of alkyl halides is 2. The summed E-state index contributed by atoms with van der Waals surface area (Å²) < 4.78 is 25.7. The Hall–Kier alpha value is -0.990. The molecule has 0 atom stereocenters. The summed E-state index contributed by atoms with van der Waals surface area (Å²) in [7, 11) is 0. The second-order valence-electron chi connectivity index (χ2n) is 3.18. The fraction of sp³-hybridized carbons (Fsp3) is 0.444. The summed E-state index contributed by atoms with van der Waals surface area (Å²) in [5.41, 5.74) is 1.73. The minimum Gasteiger partial charge on any atom is -0.264 e. The van der Waals surface area contributed by atoms with Crippen molar-refractivity contribution in [2.45, 2.75) is 25.2 Å². The summed E-state index contributed by atoms with van der Waals surface area (Å²) >= 11 is 0. The summed E-state index contributed by atoms with van der Waals surface area (Å²) in [5, 5.41) is 0. The molecule has 0 saturated carbocycles. The minimum atomic E-state index is -2.51. The zero-order chi connectivity index (χ0) is 8.60. The van der Waals surface area contributed by atoms with Gasteiger partial charge in [0.05, 0.1) is 0 Å². The van der Waals surface area contributed by atoms with E-state index in [0.29, 0.717) is 6.42 Å². The normalized spacial score (nSPS) is 20.2. The molecule has 1 heterocycles. The van der Waals surface area contributed by atoms with Gasteiger partial charge in [0.1, 0.15) is 0 Å². The van der Waals surface area contributed by atoms with Gasteiger partial charge in [-0.2, -0.15) is 0 Å². The molecule has 0 unspecified atom stereocenters. The first-order chi connectivity index (χ1) is 5.67. The fourth-order valence-corrected chi connectivity index (χ4v) is 1.54. The Morgan fingerprint density at radius 3 is 3.00 bits per heavy atom. The number of aromatic nitrogens is 1. The quantitative estimate of drug-likeness (QED) is 0.580. The molecule has 64 valence electrons. The van der Waals surface area contributed by atoms with Crippen molar-refractivity contribution >= 4 is 0 Å². The Kier molecular flexibility index (Phi) is 1.60. The Morgan fingerprint density at radius 2 is 2.17 bits per heavy atom. The van der Waals surface area contributed by atoms with Crippen LogP contribution in [-0.4, -0.2) is 10.9 Å². The van der Waals surface area contributed by atoms with Crippen LogP contribution in [0.25, 0.3) is 0 Å². The zero-order valence-corrected chi connectivity index (χ0v) is 6.56. The summed E-state index contributed by atoms with van der Waals surface area (Å²) in [5.74, 6) is -2.51. The molecule has 0 N–H and O–H groups in total. The number of rotatable bonds is 0. The molecular weight excluding hydrogens is 160 g/mol. The van der Waals surface area contributed by atoms with Gasteiger partial charge in [-0.1, -0.05) is 0 Å². The molecule has 0 radical (unpaired) electrons. The SMILES string of the molecule is FC1(F)CCc2cnccc2C1. The summed E-state index contributed by atoms with van der Waals surface area (Å²) in [6.07, 6.45) is 3.55. The standard InChI is InChI=1S/C9H9F2N/c10-9(11)3-1-8-6-12-4-2-7(8)5-9/h2,4,6H,1,3,5H2. The molecule has 1 aliphatic rings. The van der Waals surface area contributed by atoms with E-state index in [0.717, 1.165) is 11.1 Å². The summed E-state index contributed by atoms with van der Waals surface area (Å²) in [6.45, 7) is 0. The highest BCUT2D eigenvalue weighted by Gasteiger charge is 2.33. The average Bonchev–Trinajstić information content (AvgIpc) is 2.02. The smallest absolute Gasteiger partial charge is 0.252 e. The van der Waals surface area contributed by atoms with Crippen molar-refractivity contribution in [2.75, 3.05) is 0 Å². The predicted molar refractivity (Wildman–Crippen MR) is 41.2 cm³/mol. The van der Waals surface area contributed by atoms with Gasteiger partial charge in [0.15, 0.2) is 0 Å². The van der Waals surface area contributed by atoms with Gasteiger partial charge in [0.25, 0.3) is 5.92 Å². The Morgan fingerprint density at radius 1 is 1.33 bits per heavy atom. The van der Waals surface area contributed by atoms with Crippen molar-refractivity contribution in [1.29, 1.82) is 0 Å². The van der Waals surface area contributed by atoms with Crippen molar-refractivity contribution in [3.05, 3.63) is 29.6 Å². The van der Waals surface area contributed by atoms with E-state index >= 15 is 0 Å². The van der Waals surface area contributed by atoms with Gasteiger partial charge in [-0.05, 0) is 23.6 Å². The van der Waals surface area contributed by atoms with Crippen LogP contribution < -0.4 is 0 Å². The van der Waals surface area contributed by atoms with Crippen LogP contribution in [0.1, 0.15) is 17.5 Å². The third-order valence-corrected chi connectivity index (χ3v) is 2.21. The molecule has 0 amide bonds. The molecule has 0 fully saturated rings. The maximum Gasteiger partial charge on any atom is 0.252 e. The monoisotopic (exact) mass is 169 g/mol. The van der Waals surface area contributed by atoms with Gasteiger partial charge >= 0.3 is 0 Å². The van der Waals surface area contributed by atoms with Crippen LogP contribution in [0.4, 0.5) is 8.78 Å². The van der Waals surface area contributed by atoms with E-state index in [9.17, 15) is 8.78 Å². The Labute approximate surface area is 69.4 Å². The van der Waals surface area contributed by atoms with Crippen molar-refractivity contribution in [1.82, 2.24) is 4.98 Å². The van der Waals surface area contributed by atoms with Crippen LogP contribution in [0.5, 0.6) is 0 Å². The fourth-order valence-electron chi connectivity index (χ4n) is 1.54. The summed E-state index contributed by atoms with van der Waals surface area (Å²) in [4.78, 5) is 3.90. The van der Waals surface area contributed by atoms with Crippen LogP contribution in [-0.2, 0) is 12.8 Å². The van der Waals surface area contributed by atoms with Crippen molar-refractivity contribution in [2.24, 2.45) is 0 Å². The van der Waals surface area contributed by atoms with Gasteiger partial charge in [-0.15, -0.1) is 0 Å². The van der Waals surface area contributed by atoms with E-state index in [-0.39, 0.29) is 12.8 Å². The lowest BCUT2D eigenvalue weighted by Gasteiger charge is -2.23. The lowest BCUT2D eigenvalue weighted by Crippen LogP contribution is -2.25. The number of hydrogen-bond donors (Lipinski definition) is 0. The number of nitrogens with zero attached hydrogens (tertiary/aromatic N) is 1. The van der Waals surface area contributed by atoms with Crippen molar-refractivity contribution in [3.63, 3.8) is 0 Å². The topological polar surface area (TPSA) is 12.9 Å². The average molecular weight is 169 g/mol. The van der Waals surface area contributed by atoms with E-state index in [2.05, 4.69) is 4.98 Å². The van der Waals surface area contributed by atoms with E-state index < -0.39 is 5.92 Å². The van der Waals surface area contributed by atoms with E-state index in [1.807, 2.05) is 0 Å². The van der Waals surface area contributed by atoms with Crippen LogP contribution in [0, 0.1) is 0 Å². The third kappa shape index (κ3) is 1.31. The Balaban J connectivity index is 2.35.